The van der Waals surface area contributed by atoms with Gasteiger partial charge in [0.1, 0.15) is 0 Å². The number of carbonyl (C=O) groups excluding carboxylic acids is 1. The molecule has 0 radical (unpaired) electrons. The Morgan fingerprint density at radius 2 is 2.07 bits per heavy atom. The molecule has 0 aromatic rings. The highest BCUT2D eigenvalue weighted by molar-refractivity contribution is 5.82. The van der Waals surface area contributed by atoms with Crippen LogP contribution in [0.1, 0.15) is 13.3 Å². The molecule has 3 nitrogen and oxygen atoms in total. The van der Waals surface area contributed by atoms with E-state index >= 15 is 0 Å². The topological polar surface area (TPSA) is 32.3 Å². The van der Waals surface area contributed by atoms with Gasteiger partial charge in [0.05, 0.1) is 6.04 Å². The van der Waals surface area contributed by atoms with Crippen molar-refractivity contribution in [3.05, 3.63) is 25.3 Å². The van der Waals surface area contributed by atoms with Crippen molar-refractivity contribution in [2.75, 3.05) is 19.6 Å². The normalized spacial score (nSPS) is 24.9. The SMILES string of the molecule is C=CCN(CC=C)C(=O)C1NCCC1C. The van der Waals surface area contributed by atoms with Crippen LogP contribution in [0.3, 0.4) is 0 Å². The first-order valence-corrected chi connectivity index (χ1v) is 5.44. The van der Waals surface area contributed by atoms with Crippen molar-refractivity contribution in [1.82, 2.24) is 10.2 Å². The fourth-order valence-electron chi connectivity index (χ4n) is 1.93. The Labute approximate surface area is 91.8 Å². The summed E-state index contributed by atoms with van der Waals surface area (Å²) in [5.74, 6) is 0.592. The molecule has 0 aromatic carbocycles. The summed E-state index contributed by atoms with van der Waals surface area (Å²) in [6, 6.07) is -0.0232. The summed E-state index contributed by atoms with van der Waals surface area (Å²) >= 11 is 0. The van der Waals surface area contributed by atoms with Crippen LogP contribution in [0.4, 0.5) is 0 Å². The average Bonchev–Trinajstić information content (AvgIpc) is 2.63. The molecule has 1 aliphatic heterocycles. The van der Waals surface area contributed by atoms with Crippen LogP contribution < -0.4 is 5.32 Å². The molecule has 1 fully saturated rings. The zero-order valence-corrected chi connectivity index (χ0v) is 9.41. The molecule has 84 valence electrons. The lowest BCUT2D eigenvalue weighted by Crippen LogP contribution is -2.46. The molecule has 0 spiro atoms. The summed E-state index contributed by atoms with van der Waals surface area (Å²) in [7, 11) is 0. The second kappa shape index (κ2) is 5.71. The zero-order chi connectivity index (χ0) is 11.3. The van der Waals surface area contributed by atoms with E-state index in [0.29, 0.717) is 19.0 Å². The summed E-state index contributed by atoms with van der Waals surface area (Å²) in [5.41, 5.74) is 0. The van der Waals surface area contributed by atoms with Gasteiger partial charge in [-0.2, -0.15) is 0 Å². The van der Waals surface area contributed by atoms with Crippen molar-refractivity contribution in [2.24, 2.45) is 5.92 Å². The molecule has 1 aliphatic rings. The standard InChI is InChI=1S/C12H20N2O/c1-4-8-14(9-5-2)12(15)11-10(3)6-7-13-11/h4-5,10-11,13H,1-2,6-9H2,3H3. The van der Waals surface area contributed by atoms with Gasteiger partial charge >= 0.3 is 0 Å². The number of nitrogens with zero attached hydrogens (tertiary/aromatic N) is 1. The molecule has 2 unspecified atom stereocenters. The number of carbonyl (C=O) groups is 1. The van der Waals surface area contributed by atoms with Crippen molar-refractivity contribution in [2.45, 2.75) is 19.4 Å². The molecule has 2 atom stereocenters. The number of rotatable bonds is 5. The van der Waals surface area contributed by atoms with E-state index in [1.54, 1.807) is 17.1 Å². The first-order valence-electron chi connectivity index (χ1n) is 5.44. The molecule has 0 bridgehead atoms. The van der Waals surface area contributed by atoms with Crippen LogP contribution in [0, 0.1) is 5.92 Å². The predicted molar refractivity (Wildman–Crippen MR) is 62.5 cm³/mol. The van der Waals surface area contributed by atoms with Crippen molar-refractivity contribution < 1.29 is 4.79 Å². The highest BCUT2D eigenvalue weighted by atomic mass is 16.2. The number of hydrogen-bond donors (Lipinski definition) is 1. The summed E-state index contributed by atoms with van der Waals surface area (Å²) in [4.78, 5) is 13.9. The lowest BCUT2D eigenvalue weighted by atomic mass is 10.0. The van der Waals surface area contributed by atoms with E-state index in [-0.39, 0.29) is 11.9 Å². The van der Waals surface area contributed by atoms with E-state index in [9.17, 15) is 4.79 Å². The van der Waals surface area contributed by atoms with E-state index in [1.807, 2.05) is 0 Å². The molecule has 3 heteroatoms. The highest BCUT2D eigenvalue weighted by Crippen LogP contribution is 2.16. The summed E-state index contributed by atoms with van der Waals surface area (Å²) in [6.45, 7) is 11.6. The number of hydrogen-bond acceptors (Lipinski definition) is 2. The molecule has 1 saturated heterocycles. The van der Waals surface area contributed by atoms with Crippen LogP contribution in [0.25, 0.3) is 0 Å². The summed E-state index contributed by atoms with van der Waals surface area (Å²) in [5, 5.41) is 3.24. The molecular formula is C12H20N2O. The maximum absolute atomic E-state index is 12.1. The van der Waals surface area contributed by atoms with Gasteiger partial charge in [0.15, 0.2) is 0 Å². The van der Waals surface area contributed by atoms with Gasteiger partial charge in [-0.15, -0.1) is 13.2 Å². The molecule has 0 saturated carbocycles. The minimum atomic E-state index is -0.0232. The van der Waals surface area contributed by atoms with Crippen LogP contribution in [-0.4, -0.2) is 36.5 Å². The Morgan fingerprint density at radius 1 is 1.47 bits per heavy atom. The van der Waals surface area contributed by atoms with E-state index < -0.39 is 0 Å². The van der Waals surface area contributed by atoms with E-state index in [2.05, 4.69) is 25.4 Å². The Balaban J connectivity index is 2.61. The Morgan fingerprint density at radius 3 is 2.47 bits per heavy atom. The average molecular weight is 208 g/mol. The van der Waals surface area contributed by atoms with Gasteiger partial charge in [0.2, 0.25) is 5.91 Å². The van der Waals surface area contributed by atoms with Crippen LogP contribution in [0.5, 0.6) is 0 Å². The third-order valence-corrected chi connectivity index (χ3v) is 2.81. The first-order chi connectivity index (χ1) is 7.20. The molecule has 1 heterocycles. The molecular weight excluding hydrogens is 188 g/mol. The molecule has 0 aromatic heterocycles. The summed E-state index contributed by atoms with van der Waals surface area (Å²) < 4.78 is 0. The van der Waals surface area contributed by atoms with Crippen LogP contribution in [-0.2, 0) is 4.79 Å². The minimum Gasteiger partial charge on any atom is -0.334 e. The number of nitrogens with one attached hydrogen (secondary N) is 1. The highest BCUT2D eigenvalue weighted by Gasteiger charge is 2.31. The van der Waals surface area contributed by atoms with Gasteiger partial charge in [0.25, 0.3) is 0 Å². The monoisotopic (exact) mass is 208 g/mol. The quantitative estimate of drug-likeness (QED) is 0.688. The van der Waals surface area contributed by atoms with E-state index in [1.165, 1.54) is 0 Å². The van der Waals surface area contributed by atoms with Gasteiger partial charge in [-0.1, -0.05) is 19.1 Å². The van der Waals surface area contributed by atoms with Gasteiger partial charge in [-0.05, 0) is 18.9 Å². The second-order valence-electron chi connectivity index (χ2n) is 4.02. The Bertz CT molecular complexity index is 240. The van der Waals surface area contributed by atoms with E-state index in [0.717, 1.165) is 13.0 Å². The first kappa shape index (κ1) is 12.0. The molecule has 1 amide bonds. The van der Waals surface area contributed by atoms with Crippen molar-refractivity contribution in [3.8, 4) is 0 Å². The van der Waals surface area contributed by atoms with Gasteiger partial charge < -0.3 is 10.2 Å². The van der Waals surface area contributed by atoms with Crippen molar-refractivity contribution in [3.63, 3.8) is 0 Å². The lowest BCUT2D eigenvalue weighted by molar-refractivity contribution is -0.132. The fraction of sp³-hybridized carbons (Fsp3) is 0.583. The second-order valence-corrected chi connectivity index (χ2v) is 4.02. The minimum absolute atomic E-state index is 0.0232. The maximum Gasteiger partial charge on any atom is 0.240 e. The molecule has 1 N–H and O–H groups in total. The Hall–Kier alpha value is -1.09. The fourth-order valence-corrected chi connectivity index (χ4v) is 1.93. The molecule has 15 heavy (non-hydrogen) atoms. The smallest absolute Gasteiger partial charge is 0.240 e. The van der Waals surface area contributed by atoms with Crippen LogP contribution in [0.15, 0.2) is 25.3 Å². The maximum atomic E-state index is 12.1. The largest absolute Gasteiger partial charge is 0.334 e. The zero-order valence-electron chi connectivity index (χ0n) is 9.41. The molecule has 0 aliphatic carbocycles. The van der Waals surface area contributed by atoms with Crippen molar-refractivity contribution >= 4 is 5.91 Å². The third-order valence-electron chi connectivity index (χ3n) is 2.81. The number of amides is 1. The Kier molecular flexibility index (Phi) is 4.56. The van der Waals surface area contributed by atoms with Crippen LogP contribution in [0.2, 0.25) is 0 Å². The lowest BCUT2D eigenvalue weighted by Gasteiger charge is -2.25. The van der Waals surface area contributed by atoms with Gasteiger partial charge in [-0.3, -0.25) is 4.79 Å². The van der Waals surface area contributed by atoms with E-state index in [4.69, 9.17) is 0 Å². The molecule has 1 rings (SSSR count). The van der Waals surface area contributed by atoms with Gasteiger partial charge in [-0.25, -0.2) is 0 Å². The third kappa shape index (κ3) is 2.93. The van der Waals surface area contributed by atoms with Crippen LogP contribution >= 0.6 is 0 Å². The van der Waals surface area contributed by atoms with Crippen molar-refractivity contribution in [1.29, 1.82) is 0 Å². The predicted octanol–water partition coefficient (Wildman–Crippen LogP) is 1.18. The van der Waals surface area contributed by atoms with Gasteiger partial charge in [0, 0.05) is 13.1 Å². The summed E-state index contributed by atoms with van der Waals surface area (Å²) in [6.07, 6.45) is 4.58.